The van der Waals surface area contributed by atoms with Crippen molar-refractivity contribution in [2.24, 2.45) is 4.99 Å². The average Bonchev–Trinajstić information content (AvgIpc) is 3.28. The lowest BCUT2D eigenvalue weighted by Crippen LogP contribution is -2.37. The first-order chi connectivity index (χ1) is 13.7. The molecule has 2 aromatic heterocycles. The molecule has 0 saturated heterocycles. The minimum atomic E-state index is 0. The molecule has 0 fully saturated rings. The van der Waals surface area contributed by atoms with Gasteiger partial charge in [-0.15, -0.1) is 35.3 Å². The Morgan fingerprint density at radius 1 is 1.14 bits per heavy atom. The maximum Gasteiger partial charge on any atom is 0.191 e. The summed E-state index contributed by atoms with van der Waals surface area (Å²) in [4.78, 5) is 14.5. The van der Waals surface area contributed by atoms with Crippen LogP contribution in [0.5, 0.6) is 0 Å². The number of hydrogen-bond acceptors (Lipinski definition) is 4. The molecule has 0 aliphatic carbocycles. The molecular formula is C21H29IN6S. The highest BCUT2D eigenvalue weighted by atomic mass is 127. The number of imidazole rings is 1. The molecule has 8 heteroatoms. The highest BCUT2D eigenvalue weighted by Gasteiger charge is 2.07. The quantitative estimate of drug-likeness (QED) is 0.265. The van der Waals surface area contributed by atoms with E-state index in [1.165, 1.54) is 10.4 Å². The monoisotopic (exact) mass is 524 g/mol. The second-order valence-electron chi connectivity index (χ2n) is 6.65. The zero-order valence-corrected chi connectivity index (χ0v) is 20.3. The molecule has 0 saturated carbocycles. The first-order valence-corrected chi connectivity index (χ1v) is 10.4. The molecule has 2 N–H and O–H groups in total. The van der Waals surface area contributed by atoms with E-state index < -0.39 is 0 Å². The van der Waals surface area contributed by atoms with E-state index in [1.807, 2.05) is 26.2 Å². The first-order valence-electron chi connectivity index (χ1n) is 9.57. The van der Waals surface area contributed by atoms with Crippen molar-refractivity contribution in [3.63, 3.8) is 0 Å². The maximum absolute atomic E-state index is 4.49. The molecular weight excluding hydrogens is 495 g/mol. The van der Waals surface area contributed by atoms with Gasteiger partial charge in [-0.25, -0.2) is 9.97 Å². The zero-order valence-electron chi connectivity index (χ0n) is 17.2. The first kappa shape index (κ1) is 23.3. The fourth-order valence-electron chi connectivity index (χ4n) is 3.09. The van der Waals surface area contributed by atoms with Crippen molar-refractivity contribution in [1.29, 1.82) is 0 Å². The summed E-state index contributed by atoms with van der Waals surface area (Å²) in [6.45, 7) is 6.40. The number of benzene rings is 1. The predicted molar refractivity (Wildman–Crippen MR) is 131 cm³/mol. The number of halogens is 1. The van der Waals surface area contributed by atoms with Gasteiger partial charge >= 0.3 is 0 Å². The van der Waals surface area contributed by atoms with E-state index in [-0.39, 0.29) is 24.0 Å². The lowest BCUT2D eigenvalue weighted by molar-refractivity contribution is 0.600. The molecule has 0 atom stereocenters. The molecule has 0 radical (unpaired) electrons. The van der Waals surface area contributed by atoms with Gasteiger partial charge in [-0.05, 0) is 32.3 Å². The lowest BCUT2D eigenvalue weighted by atomic mass is 10.1. The van der Waals surface area contributed by atoms with Crippen LogP contribution >= 0.6 is 35.3 Å². The molecule has 1 aromatic carbocycles. The van der Waals surface area contributed by atoms with Gasteiger partial charge in [0.1, 0.15) is 5.82 Å². The minimum Gasteiger partial charge on any atom is -0.351 e. The highest BCUT2D eigenvalue weighted by molar-refractivity contribution is 14.0. The number of aromatic nitrogens is 3. The summed E-state index contributed by atoms with van der Waals surface area (Å²) in [5.41, 5.74) is 2.46. The van der Waals surface area contributed by atoms with Crippen molar-refractivity contribution in [3.8, 4) is 0 Å². The van der Waals surface area contributed by atoms with Gasteiger partial charge in [-0.3, -0.25) is 4.99 Å². The van der Waals surface area contributed by atoms with Gasteiger partial charge in [0.25, 0.3) is 0 Å². The lowest BCUT2D eigenvalue weighted by Gasteiger charge is -2.13. The molecule has 3 aromatic rings. The van der Waals surface area contributed by atoms with E-state index in [0.29, 0.717) is 6.54 Å². The Morgan fingerprint density at radius 3 is 2.59 bits per heavy atom. The fraction of sp³-hybridized carbons (Fsp3) is 0.381. The van der Waals surface area contributed by atoms with Gasteiger partial charge in [-0.2, -0.15) is 0 Å². The van der Waals surface area contributed by atoms with E-state index in [2.05, 4.69) is 60.5 Å². The van der Waals surface area contributed by atoms with Gasteiger partial charge in [0.2, 0.25) is 0 Å². The van der Waals surface area contributed by atoms with E-state index >= 15 is 0 Å². The van der Waals surface area contributed by atoms with Crippen molar-refractivity contribution in [3.05, 3.63) is 69.7 Å². The van der Waals surface area contributed by atoms with Crippen LogP contribution in [0.25, 0.3) is 0 Å². The van der Waals surface area contributed by atoms with E-state index in [4.69, 9.17) is 0 Å². The smallest absolute Gasteiger partial charge is 0.191 e. The van der Waals surface area contributed by atoms with Crippen LogP contribution in [0.15, 0.2) is 47.7 Å². The van der Waals surface area contributed by atoms with E-state index in [1.54, 1.807) is 18.4 Å². The number of guanidine groups is 1. The third-order valence-electron chi connectivity index (χ3n) is 4.56. The van der Waals surface area contributed by atoms with Crippen LogP contribution in [-0.2, 0) is 26.1 Å². The molecule has 29 heavy (non-hydrogen) atoms. The average molecular weight is 524 g/mol. The summed E-state index contributed by atoms with van der Waals surface area (Å²) < 4.78 is 2.21. The van der Waals surface area contributed by atoms with Gasteiger partial charge in [0, 0.05) is 30.9 Å². The second kappa shape index (κ2) is 11.9. The summed E-state index contributed by atoms with van der Waals surface area (Å²) in [6.07, 6.45) is 6.06. The number of aryl methyl sites for hydroxylation is 4. The molecule has 0 aliphatic heterocycles. The molecule has 0 aliphatic rings. The van der Waals surface area contributed by atoms with Crippen molar-refractivity contribution >= 4 is 41.3 Å². The summed E-state index contributed by atoms with van der Waals surface area (Å²) in [7, 11) is 1.78. The Labute approximate surface area is 193 Å². The Kier molecular flexibility index (Phi) is 9.59. The minimum absolute atomic E-state index is 0. The number of aliphatic imine (C=N–C) groups is 1. The third kappa shape index (κ3) is 7.11. The van der Waals surface area contributed by atoms with Crippen molar-refractivity contribution in [2.75, 3.05) is 7.05 Å². The maximum atomic E-state index is 4.49. The van der Waals surface area contributed by atoms with Crippen molar-refractivity contribution in [2.45, 2.75) is 46.3 Å². The summed E-state index contributed by atoms with van der Waals surface area (Å²) in [5.74, 6) is 1.78. The van der Waals surface area contributed by atoms with Gasteiger partial charge in [-0.1, -0.05) is 30.3 Å². The number of thiazole rings is 1. The Morgan fingerprint density at radius 2 is 1.90 bits per heavy atom. The van der Waals surface area contributed by atoms with Crippen molar-refractivity contribution < 1.29 is 0 Å². The summed E-state index contributed by atoms with van der Waals surface area (Å²) in [6, 6.07) is 10.6. The molecule has 0 amide bonds. The molecule has 3 rings (SSSR count). The number of nitrogens with zero attached hydrogens (tertiary/aromatic N) is 4. The van der Waals surface area contributed by atoms with Crippen LogP contribution < -0.4 is 10.6 Å². The van der Waals surface area contributed by atoms with Gasteiger partial charge < -0.3 is 15.2 Å². The fourth-order valence-corrected chi connectivity index (χ4v) is 3.97. The molecule has 0 spiro atoms. The van der Waals surface area contributed by atoms with Crippen molar-refractivity contribution in [1.82, 2.24) is 25.2 Å². The Balaban J connectivity index is 0.00000300. The SMILES string of the molecule is CN=C(NCc1sc(C)nc1C)NCc1nccn1CCCc1ccccc1.I. The van der Waals surface area contributed by atoms with Crippen LogP contribution in [0, 0.1) is 13.8 Å². The number of rotatable bonds is 8. The van der Waals surface area contributed by atoms with E-state index in [0.717, 1.165) is 48.4 Å². The molecule has 0 unspecified atom stereocenters. The van der Waals surface area contributed by atoms with Gasteiger partial charge in [0.15, 0.2) is 5.96 Å². The molecule has 2 heterocycles. The van der Waals surface area contributed by atoms with Crippen LogP contribution in [0.1, 0.15) is 33.4 Å². The molecule has 6 nitrogen and oxygen atoms in total. The standard InChI is InChI=1S/C21H28N6S.HI/c1-16-19(28-17(2)26-16)14-24-21(22-3)25-15-20-23-11-13-27(20)12-7-10-18-8-5-4-6-9-18;/h4-6,8-9,11,13H,7,10,12,14-15H2,1-3H3,(H2,22,24,25);1H. The Bertz CT molecular complexity index is 903. The normalized spacial score (nSPS) is 11.2. The highest BCUT2D eigenvalue weighted by Crippen LogP contribution is 2.16. The third-order valence-corrected chi connectivity index (χ3v) is 5.64. The summed E-state index contributed by atoms with van der Waals surface area (Å²) >= 11 is 1.72. The topological polar surface area (TPSA) is 67.1 Å². The van der Waals surface area contributed by atoms with Crippen LogP contribution in [0.3, 0.4) is 0 Å². The second-order valence-corrected chi connectivity index (χ2v) is 7.93. The number of hydrogen-bond donors (Lipinski definition) is 2. The van der Waals surface area contributed by atoms with Crippen LogP contribution in [0.4, 0.5) is 0 Å². The molecule has 156 valence electrons. The molecule has 0 bridgehead atoms. The van der Waals surface area contributed by atoms with Crippen LogP contribution in [0.2, 0.25) is 0 Å². The van der Waals surface area contributed by atoms with Gasteiger partial charge in [0.05, 0.1) is 23.8 Å². The van der Waals surface area contributed by atoms with E-state index in [9.17, 15) is 0 Å². The number of nitrogens with one attached hydrogen (secondary N) is 2. The zero-order chi connectivity index (χ0) is 19.8. The summed E-state index contributed by atoms with van der Waals surface area (Å²) in [5, 5.41) is 7.81. The largest absolute Gasteiger partial charge is 0.351 e. The Hall–Kier alpha value is -1.94. The van der Waals surface area contributed by atoms with Crippen LogP contribution in [-0.4, -0.2) is 27.5 Å². The predicted octanol–water partition coefficient (Wildman–Crippen LogP) is 4.07.